The first-order valence-corrected chi connectivity index (χ1v) is 6.77. The van der Waals surface area contributed by atoms with Crippen molar-refractivity contribution in [3.63, 3.8) is 0 Å². The van der Waals surface area contributed by atoms with Gasteiger partial charge in [-0.15, -0.1) is 0 Å². The first kappa shape index (κ1) is 12.9. The van der Waals surface area contributed by atoms with Crippen LogP contribution in [-0.2, 0) is 11.3 Å². The molecule has 0 saturated carbocycles. The Morgan fingerprint density at radius 1 is 1.53 bits per heavy atom. The van der Waals surface area contributed by atoms with E-state index in [0.717, 1.165) is 36.2 Å². The van der Waals surface area contributed by atoms with Gasteiger partial charge in [-0.05, 0) is 41.9 Å². The molecule has 1 aliphatic rings. The van der Waals surface area contributed by atoms with Crippen molar-refractivity contribution < 1.29 is 9.47 Å². The Morgan fingerprint density at radius 3 is 3.12 bits per heavy atom. The largest absolute Gasteiger partial charge is 0.489 e. The third-order valence-electron chi connectivity index (χ3n) is 2.85. The Hall–Kier alpha value is -0.580. The van der Waals surface area contributed by atoms with Gasteiger partial charge in [0, 0.05) is 18.7 Å². The van der Waals surface area contributed by atoms with Crippen LogP contribution in [0.5, 0.6) is 5.75 Å². The summed E-state index contributed by atoms with van der Waals surface area (Å²) in [7, 11) is 1.94. The van der Waals surface area contributed by atoms with Gasteiger partial charge in [0.2, 0.25) is 0 Å². The number of para-hydroxylation sites is 1. The normalized spacial score (nSPS) is 19.5. The predicted octanol–water partition coefficient (Wildman–Crippen LogP) is 2.73. The van der Waals surface area contributed by atoms with Crippen molar-refractivity contribution in [3.8, 4) is 5.75 Å². The minimum atomic E-state index is 0.254. The quantitative estimate of drug-likeness (QED) is 0.907. The Labute approximate surface area is 111 Å². The van der Waals surface area contributed by atoms with Gasteiger partial charge in [-0.1, -0.05) is 12.1 Å². The molecule has 0 spiro atoms. The molecular formula is C13H18BrNO2. The lowest BCUT2D eigenvalue weighted by molar-refractivity contribution is 0.0673. The van der Waals surface area contributed by atoms with Gasteiger partial charge < -0.3 is 14.8 Å². The Balaban J connectivity index is 2.02. The van der Waals surface area contributed by atoms with Crippen molar-refractivity contribution in [3.05, 3.63) is 28.2 Å². The SMILES string of the molecule is CNCc1cccc(Br)c1OCC1CCCO1. The number of hydrogen-bond acceptors (Lipinski definition) is 3. The highest BCUT2D eigenvalue weighted by atomic mass is 79.9. The molecule has 1 aliphatic heterocycles. The number of nitrogens with one attached hydrogen (secondary N) is 1. The van der Waals surface area contributed by atoms with E-state index < -0.39 is 0 Å². The smallest absolute Gasteiger partial charge is 0.138 e. The molecule has 94 valence electrons. The van der Waals surface area contributed by atoms with E-state index in [9.17, 15) is 0 Å². The predicted molar refractivity (Wildman–Crippen MR) is 71.4 cm³/mol. The Kier molecular flexibility index (Phi) is 4.83. The van der Waals surface area contributed by atoms with Crippen LogP contribution in [-0.4, -0.2) is 26.4 Å². The maximum atomic E-state index is 5.89. The molecule has 3 nitrogen and oxygen atoms in total. The summed E-state index contributed by atoms with van der Waals surface area (Å²) in [5.74, 6) is 0.928. The molecule has 1 unspecified atom stereocenters. The van der Waals surface area contributed by atoms with E-state index in [2.05, 4.69) is 27.3 Å². The first-order chi connectivity index (χ1) is 8.31. The summed E-state index contributed by atoms with van der Waals surface area (Å²) in [6.45, 7) is 2.31. The monoisotopic (exact) mass is 299 g/mol. The van der Waals surface area contributed by atoms with Crippen LogP contribution < -0.4 is 10.1 Å². The Morgan fingerprint density at radius 2 is 2.41 bits per heavy atom. The third kappa shape index (κ3) is 3.44. The second kappa shape index (κ2) is 6.38. The lowest BCUT2D eigenvalue weighted by Gasteiger charge is -2.16. The van der Waals surface area contributed by atoms with E-state index in [-0.39, 0.29) is 6.10 Å². The van der Waals surface area contributed by atoms with E-state index in [1.807, 2.05) is 19.2 Å². The van der Waals surface area contributed by atoms with Crippen LogP contribution in [0.2, 0.25) is 0 Å². The molecule has 1 saturated heterocycles. The molecule has 0 amide bonds. The maximum absolute atomic E-state index is 5.89. The van der Waals surface area contributed by atoms with Crippen LogP contribution in [0.15, 0.2) is 22.7 Å². The van der Waals surface area contributed by atoms with Crippen LogP contribution in [0.3, 0.4) is 0 Å². The zero-order chi connectivity index (χ0) is 12.1. The van der Waals surface area contributed by atoms with Gasteiger partial charge in [0.05, 0.1) is 10.6 Å². The summed E-state index contributed by atoms with van der Waals surface area (Å²) in [4.78, 5) is 0. The lowest BCUT2D eigenvalue weighted by atomic mass is 10.2. The zero-order valence-electron chi connectivity index (χ0n) is 10.0. The Bertz CT molecular complexity index is 364. The molecule has 1 atom stereocenters. The van der Waals surface area contributed by atoms with Gasteiger partial charge in [0.25, 0.3) is 0 Å². The summed E-state index contributed by atoms with van der Waals surface area (Å²) in [5, 5.41) is 3.15. The van der Waals surface area contributed by atoms with Crippen LogP contribution in [0.4, 0.5) is 0 Å². The summed E-state index contributed by atoms with van der Waals surface area (Å²) < 4.78 is 12.5. The number of hydrogen-bond donors (Lipinski definition) is 1. The van der Waals surface area contributed by atoms with Gasteiger partial charge in [-0.3, -0.25) is 0 Å². The highest BCUT2D eigenvalue weighted by Gasteiger charge is 2.17. The third-order valence-corrected chi connectivity index (χ3v) is 3.48. The summed E-state index contributed by atoms with van der Waals surface area (Å²) in [5.41, 5.74) is 1.17. The average molecular weight is 300 g/mol. The zero-order valence-corrected chi connectivity index (χ0v) is 11.6. The van der Waals surface area contributed by atoms with Crippen molar-refractivity contribution in [2.75, 3.05) is 20.3 Å². The van der Waals surface area contributed by atoms with Gasteiger partial charge in [-0.2, -0.15) is 0 Å². The molecule has 0 radical (unpaired) electrons. The molecule has 2 rings (SSSR count). The standard InChI is InChI=1S/C13H18BrNO2/c1-15-8-10-4-2-6-12(14)13(10)17-9-11-5-3-7-16-11/h2,4,6,11,15H,3,5,7-9H2,1H3. The molecular weight excluding hydrogens is 282 g/mol. The molecule has 1 aromatic carbocycles. The van der Waals surface area contributed by atoms with Crippen LogP contribution in [0.25, 0.3) is 0 Å². The van der Waals surface area contributed by atoms with E-state index >= 15 is 0 Å². The van der Waals surface area contributed by atoms with Gasteiger partial charge >= 0.3 is 0 Å². The van der Waals surface area contributed by atoms with Crippen molar-refractivity contribution >= 4 is 15.9 Å². The number of benzene rings is 1. The van der Waals surface area contributed by atoms with Crippen molar-refractivity contribution in [1.82, 2.24) is 5.32 Å². The van der Waals surface area contributed by atoms with Gasteiger partial charge in [0.1, 0.15) is 12.4 Å². The van der Waals surface area contributed by atoms with E-state index in [0.29, 0.717) is 6.61 Å². The summed E-state index contributed by atoms with van der Waals surface area (Å²) >= 11 is 3.53. The van der Waals surface area contributed by atoms with E-state index in [1.54, 1.807) is 0 Å². The second-order valence-corrected chi connectivity index (χ2v) is 5.06. The summed E-state index contributed by atoms with van der Waals surface area (Å²) in [6, 6.07) is 6.10. The molecule has 17 heavy (non-hydrogen) atoms. The number of halogens is 1. The van der Waals surface area contributed by atoms with Gasteiger partial charge in [-0.25, -0.2) is 0 Å². The fourth-order valence-electron chi connectivity index (χ4n) is 2.00. The van der Waals surface area contributed by atoms with Crippen LogP contribution in [0.1, 0.15) is 18.4 Å². The van der Waals surface area contributed by atoms with Crippen LogP contribution >= 0.6 is 15.9 Å². The van der Waals surface area contributed by atoms with Crippen molar-refractivity contribution in [2.45, 2.75) is 25.5 Å². The highest BCUT2D eigenvalue weighted by Crippen LogP contribution is 2.29. The summed E-state index contributed by atoms with van der Waals surface area (Å²) in [6.07, 6.45) is 2.50. The fourth-order valence-corrected chi connectivity index (χ4v) is 2.52. The minimum Gasteiger partial charge on any atom is -0.489 e. The highest BCUT2D eigenvalue weighted by molar-refractivity contribution is 9.10. The molecule has 0 aromatic heterocycles. The molecule has 4 heteroatoms. The van der Waals surface area contributed by atoms with Crippen molar-refractivity contribution in [2.24, 2.45) is 0 Å². The maximum Gasteiger partial charge on any atom is 0.138 e. The molecule has 1 N–H and O–H groups in total. The minimum absolute atomic E-state index is 0.254. The lowest BCUT2D eigenvalue weighted by Crippen LogP contribution is -2.17. The molecule has 0 bridgehead atoms. The van der Waals surface area contributed by atoms with E-state index in [4.69, 9.17) is 9.47 Å². The van der Waals surface area contributed by atoms with Gasteiger partial charge in [0.15, 0.2) is 0 Å². The molecule has 1 fully saturated rings. The first-order valence-electron chi connectivity index (χ1n) is 5.97. The molecule has 1 heterocycles. The van der Waals surface area contributed by atoms with Crippen LogP contribution in [0, 0.1) is 0 Å². The topological polar surface area (TPSA) is 30.5 Å². The molecule has 1 aromatic rings. The van der Waals surface area contributed by atoms with Crippen molar-refractivity contribution in [1.29, 1.82) is 0 Å². The second-order valence-electron chi connectivity index (χ2n) is 4.20. The fraction of sp³-hybridized carbons (Fsp3) is 0.538. The number of ether oxygens (including phenoxy) is 2. The van der Waals surface area contributed by atoms with E-state index in [1.165, 1.54) is 5.56 Å². The molecule has 0 aliphatic carbocycles. The number of rotatable bonds is 5. The average Bonchev–Trinajstić information content (AvgIpc) is 2.82.